The van der Waals surface area contributed by atoms with Crippen molar-refractivity contribution in [2.24, 2.45) is 0 Å². The molecule has 2 unspecified atom stereocenters. The molecule has 1 fully saturated rings. The molecule has 5 aromatic rings. The van der Waals surface area contributed by atoms with E-state index >= 15 is 4.39 Å². The highest BCUT2D eigenvalue weighted by Gasteiger charge is 2.35. The molecule has 1 saturated carbocycles. The van der Waals surface area contributed by atoms with E-state index < -0.39 is 37.9 Å². The van der Waals surface area contributed by atoms with E-state index in [2.05, 4.69) is 36.3 Å². The Labute approximate surface area is 384 Å². The van der Waals surface area contributed by atoms with Crippen LogP contribution >= 0.6 is 0 Å². The molecule has 0 radical (unpaired) electrons. The van der Waals surface area contributed by atoms with Gasteiger partial charge < -0.3 is 20.4 Å². The molecule has 66 heavy (non-hydrogen) atoms. The van der Waals surface area contributed by atoms with Crippen molar-refractivity contribution >= 4 is 43.5 Å². The van der Waals surface area contributed by atoms with Crippen LogP contribution in [0.15, 0.2) is 52.6 Å². The Morgan fingerprint density at radius 1 is 0.803 bits per heavy atom. The lowest BCUT2D eigenvalue weighted by Gasteiger charge is -2.20. The first-order chi connectivity index (χ1) is 31.4. The minimum Gasteiger partial charge on any atom is -0.307 e. The molecule has 20 heteroatoms. The van der Waals surface area contributed by atoms with Crippen LogP contribution in [0.25, 0.3) is 11.1 Å². The number of aromatic nitrogens is 5. The van der Waals surface area contributed by atoms with Crippen molar-refractivity contribution in [2.75, 3.05) is 38.8 Å². The molecule has 9 rings (SSSR count). The van der Waals surface area contributed by atoms with Crippen molar-refractivity contribution in [3.05, 3.63) is 98.9 Å². The van der Waals surface area contributed by atoms with Crippen LogP contribution in [-0.4, -0.2) is 91.4 Å². The van der Waals surface area contributed by atoms with Gasteiger partial charge in [0.1, 0.15) is 5.82 Å². The second kappa shape index (κ2) is 17.5. The zero-order chi connectivity index (χ0) is 46.8. The van der Waals surface area contributed by atoms with Crippen molar-refractivity contribution < 1.29 is 30.8 Å². The van der Waals surface area contributed by atoms with Crippen LogP contribution in [0.5, 0.6) is 0 Å². The summed E-state index contributed by atoms with van der Waals surface area (Å²) in [4.78, 5) is 35.9. The van der Waals surface area contributed by atoms with E-state index in [9.17, 15) is 26.4 Å². The molecule has 0 aliphatic heterocycles. The number of anilines is 2. The van der Waals surface area contributed by atoms with E-state index in [4.69, 9.17) is 4.98 Å². The fourth-order valence-electron chi connectivity index (χ4n) is 9.74. The molecule has 4 aliphatic rings. The molecule has 3 heterocycles. The zero-order valence-corrected chi connectivity index (χ0v) is 39.7. The summed E-state index contributed by atoms with van der Waals surface area (Å²) in [6, 6.07) is 8.43. The fourth-order valence-corrected chi connectivity index (χ4v) is 11.5. The Bertz CT molecular complexity index is 2980. The van der Waals surface area contributed by atoms with Gasteiger partial charge in [0, 0.05) is 65.9 Å². The summed E-state index contributed by atoms with van der Waals surface area (Å²) in [7, 11) is -1.10. The lowest BCUT2D eigenvalue weighted by Crippen LogP contribution is -2.35. The van der Waals surface area contributed by atoms with Gasteiger partial charge in [0.2, 0.25) is 0 Å². The number of nitrogens with zero attached hydrogens (tertiary/aromatic N) is 7. The number of amides is 4. The van der Waals surface area contributed by atoms with Crippen LogP contribution in [0.2, 0.25) is 0 Å². The molecule has 0 bridgehead atoms. The van der Waals surface area contributed by atoms with Gasteiger partial charge in [-0.2, -0.15) is 27.0 Å². The normalized spacial score (nSPS) is 17.2. The number of nitrogens with one attached hydrogen (secondary N) is 4. The number of pyridine rings is 1. The van der Waals surface area contributed by atoms with Crippen LogP contribution in [0.3, 0.4) is 0 Å². The van der Waals surface area contributed by atoms with Gasteiger partial charge in [0.05, 0.1) is 23.1 Å². The molecule has 2 aromatic carbocycles. The molecule has 0 saturated heterocycles. The highest BCUT2D eigenvalue weighted by atomic mass is 32.2. The van der Waals surface area contributed by atoms with Gasteiger partial charge in [-0.25, -0.2) is 23.4 Å². The molecule has 2 atom stereocenters. The van der Waals surface area contributed by atoms with E-state index in [1.807, 2.05) is 64.0 Å². The molecular weight excluding hydrogens is 886 g/mol. The van der Waals surface area contributed by atoms with Gasteiger partial charge in [0.25, 0.3) is 20.0 Å². The number of urea groups is 2. The smallest absolute Gasteiger partial charge is 0.307 e. The zero-order valence-electron chi connectivity index (χ0n) is 38.0. The lowest BCUT2D eigenvalue weighted by atomic mass is 9.96. The number of hydrogen-bond donors (Lipinski definition) is 4. The quantitative estimate of drug-likeness (QED) is 0.0987. The van der Waals surface area contributed by atoms with Crippen molar-refractivity contribution in [2.45, 2.75) is 119 Å². The maximum Gasteiger partial charge on any atom is 0.333 e. The molecule has 4 amide bonds. The molecule has 17 nitrogen and oxygen atoms in total. The Kier molecular flexibility index (Phi) is 12.1. The summed E-state index contributed by atoms with van der Waals surface area (Å²) in [6.07, 6.45) is 8.81. The number of carbonyl (C=O) groups excluding carboxylic acids is 2. The van der Waals surface area contributed by atoms with Crippen molar-refractivity contribution in [1.82, 2.24) is 43.8 Å². The van der Waals surface area contributed by atoms with Crippen LogP contribution < -0.4 is 20.1 Å². The Balaban J connectivity index is 0.934. The Morgan fingerprint density at radius 2 is 1.47 bits per heavy atom. The fraction of sp³-hybridized carbons (Fsp3) is 0.457. The summed E-state index contributed by atoms with van der Waals surface area (Å²) in [5.74, 6) is -0.487. The first-order valence-electron chi connectivity index (χ1n) is 22.5. The average molecular weight is 942 g/mol. The van der Waals surface area contributed by atoms with Gasteiger partial charge in [-0.05, 0) is 152 Å². The van der Waals surface area contributed by atoms with E-state index in [1.165, 1.54) is 12.1 Å². The molecular formula is C46H56FN11O6S2. The monoisotopic (exact) mass is 941 g/mol. The highest BCUT2D eigenvalue weighted by Crippen LogP contribution is 2.44. The van der Waals surface area contributed by atoms with E-state index in [-0.39, 0.29) is 28.1 Å². The number of rotatable bonds is 14. The number of sulfonamides is 2. The molecule has 4 N–H and O–H groups in total. The second-order valence-corrected chi connectivity index (χ2v) is 21.7. The number of carbonyl (C=O) groups is 2. The summed E-state index contributed by atoms with van der Waals surface area (Å²) < 4.78 is 77.4. The standard InChI is InChI=1S/C46H56FN11O6S2/c1-7-57-32(25-55(3)4)21-41(51-57)65(61,62)53-46(60)50-44-35-13-9-12-34(35)38(47)22-37(44)28-14-17-39(48-24-28)30-19-29-18-27-10-8-11-33(27)43(36(29)20-30)49-45(59)54-66(63,64)42-23-40(26(2)56(5)6)58(52-42)31-15-16-31/h14,17-18,21-24,26,30-31H,7-13,15-16,19-20,25H2,1-6H3,(H2,49,54,59)(H2,50,53,60). The third-order valence-corrected chi connectivity index (χ3v) is 15.7. The SMILES string of the molecule is CCn1nc(S(=O)(=O)NC(=O)Nc2c(-c3ccc(C4Cc5cc6c(c(NC(=O)NS(=O)(=O)c7cc(C(C)N(C)C)n(C8CC8)n7)c5C4)CCC6)nc3)cc(F)c3c2CCC3)cc1CN(C)C. The van der Waals surface area contributed by atoms with Gasteiger partial charge in [-0.15, -0.1) is 0 Å². The van der Waals surface area contributed by atoms with Gasteiger partial charge in [-0.1, -0.05) is 12.1 Å². The predicted octanol–water partition coefficient (Wildman–Crippen LogP) is 6.20. The highest BCUT2D eigenvalue weighted by molar-refractivity contribution is 7.90. The average Bonchev–Trinajstić information content (AvgIpc) is 3.82. The van der Waals surface area contributed by atoms with Crippen molar-refractivity contribution in [3.8, 4) is 11.1 Å². The van der Waals surface area contributed by atoms with E-state index in [0.717, 1.165) is 65.7 Å². The molecule has 4 aliphatic carbocycles. The van der Waals surface area contributed by atoms with Crippen LogP contribution in [0.4, 0.5) is 25.4 Å². The van der Waals surface area contributed by atoms with Crippen molar-refractivity contribution in [1.29, 1.82) is 0 Å². The molecule has 0 spiro atoms. The predicted molar refractivity (Wildman–Crippen MR) is 247 cm³/mol. The summed E-state index contributed by atoms with van der Waals surface area (Å²) >= 11 is 0. The molecule has 350 valence electrons. The largest absolute Gasteiger partial charge is 0.333 e. The number of benzene rings is 2. The first kappa shape index (κ1) is 45.5. The van der Waals surface area contributed by atoms with Crippen LogP contribution in [-0.2, 0) is 71.7 Å². The number of fused-ring (bicyclic) bond motifs is 3. The summed E-state index contributed by atoms with van der Waals surface area (Å²) in [5, 5.41) is 13.9. The van der Waals surface area contributed by atoms with E-state index in [0.29, 0.717) is 84.5 Å². The minimum atomic E-state index is -4.36. The summed E-state index contributed by atoms with van der Waals surface area (Å²) in [6.45, 7) is 4.73. The summed E-state index contributed by atoms with van der Waals surface area (Å²) in [5.41, 5.74) is 9.27. The lowest BCUT2D eigenvalue weighted by molar-refractivity contribution is 0.255. The van der Waals surface area contributed by atoms with Crippen molar-refractivity contribution in [3.63, 3.8) is 0 Å². The molecule has 3 aromatic heterocycles. The number of halogens is 1. The number of hydrogen-bond acceptors (Lipinski definition) is 11. The minimum absolute atomic E-state index is 0.0767. The Morgan fingerprint density at radius 3 is 2.12 bits per heavy atom. The first-order valence-corrected chi connectivity index (χ1v) is 25.5. The van der Waals surface area contributed by atoms with Crippen LogP contribution in [0.1, 0.15) is 108 Å². The second-order valence-electron chi connectivity index (χ2n) is 18.4. The van der Waals surface area contributed by atoms with E-state index in [1.54, 1.807) is 21.6 Å². The topological polar surface area (TPSA) is 206 Å². The maximum atomic E-state index is 15.7. The van der Waals surface area contributed by atoms with Crippen LogP contribution in [0, 0.1) is 5.82 Å². The third kappa shape index (κ3) is 8.82. The van der Waals surface area contributed by atoms with Gasteiger partial charge in [-0.3, -0.25) is 14.3 Å². The maximum absolute atomic E-state index is 15.7. The van der Waals surface area contributed by atoms with Gasteiger partial charge >= 0.3 is 12.1 Å². The third-order valence-electron chi connectivity index (χ3n) is 13.3. The van der Waals surface area contributed by atoms with Gasteiger partial charge in [0.15, 0.2) is 10.1 Å². The Hall–Kier alpha value is -5.70. The number of aryl methyl sites for hydroxylation is 2.